The second-order valence-electron chi connectivity index (χ2n) is 5.72. The molecule has 0 aliphatic heterocycles. The molecule has 0 aliphatic carbocycles. The summed E-state index contributed by atoms with van der Waals surface area (Å²) in [5, 5.41) is 5.20. The molecule has 26 heavy (non-hydrogen) atoms. The lowest BCUT2D eigenvalue weighted by atomic mass is 10.1. The van der Waals surface area contributed by atoms with E-state index in [-0.39, 0.29) is 22.7 Å². The fourth-order valence-electron chi connectivity index (χ4n) is 2.29. The zero-order valence-corrected chi connectivity index (χ0v) is 14.0. The Hall–Kier alpha value is -3.54. The van der Waals surface area contributed by atoms with E-state index in [0.29, 0.717) is 5.69 Å². The van der Waals surface area contributed by atoms with Gasteiger partial charge in [-0.25, -0.2) is 4.39 Å². The lowest BCUT2D eigenvalue weighted by Crippen LogP contribution is -2.16. The lowest BCUT2D eigenvalue weighted by molar-refractivity contribution is 0.102. The highest BCUT2D eigenvalue weighted by Gasteiger charge is 2.13. The summed E-state index contributed by atoms with van der Waals surface area (Å²) in [4.78, 5) is 28.6. The van der Waals surface area contributed by atoms with Crippen molar-refractivity contribution < 1.29 is 14.0 Å². The van der Waals surface area contributed by atoms with Crippen molar-refractivity contribution in [2.75, 3.05) is 10.6 Å². The molecule has 3 rings (SSSR count). The van der Waals surface area contributed by atoms with Gasteiger partial charge in [-0.1, -0.05) is 29.8 Å². The average Bonchev–Trinajstić information content (AvgIpc) is 2.65. The van der Waals surface area contributed by atoms with Gasteiger partial charge in [-0.05, 0) is 37.3 Å². The number of aryl methyl sites for hydroxylation is 1. The third kappa shape index (κ3) is 4.10. The Morgan fingerprint density at radius 3 is 2.15 bits per heavy atom. The van der Waals surface area contributed by atoms with Crippen LogP contribution in [0.15, 0.2) is 67.0 Å². The van der Waals surface area contributed by atoms with Gasteiger partial charge in [0.1, 0.15) is 5.82 Å². The van der Waals surface area contributed by atoms with Gasteiger partial charge in [-0.15, -0.1) is 0 Å². The van der Waals surface area contributed by atoms with E-state index in [2.05, 4.69) is 15.6 Å². The summed E-state index contributed by atoms with van der Waals surface area (Å²) in [6, 6.07) is 14.6. The Kier molecular flexibility index (Phi) is 5.03. The molecule has 130 valence electrons. The van der Waals surface area contributed by atoms with Gasteiger partial charge in [0.15, 0.2) is 0 Å². The molecule has 6 heteroatoms. The standard InChI is InChI=1S/C20H16FN3O2/c1-13-6-8-16(9-7-13)23-19(25)14-10-15(12-22-11-14)20(26)24-18-5-3-2-4-17(18)21/h2-12H,1H3,(H,23,25)(H,24,26). The van der Waals surface area contributed by atoms with E-state index in [1.807, 2.05) is 19.1 Å². The second-order valence-corrected chi connectivity index (χ2v) is 5.72. The minimum atomic E-state index is -0.549. The zero-order chi connectivity index (χ0) is 18.5. The molecule has 2 N–H and O–H groups in total. The Labute approximate surface area is 149 Å². The number of aromatic nitrogens is 1. The van der Waals surface area contributed by atoms with Crippen molar-refractivity contribution in [1.82, 2.24) is 4.98 Å². The van der Waals surface area contributed by atoms with E-state index in [1.165, 1.54) is 36.7 Å². The number of hydrogen-bond donors (Lipinski definition) is 2. The first-order valence-electron chi connectivity index (χ1n) is 7.92. The van der Waals surface area contributed by atoms with Gasteiger partial charge in [-0.3, -0.25) is 14.6 Å². The molecular weight excluding hydrogens is 333 g/mol. The molecule has 3 aromatic rings. The third-order valence-electron chi connectivity index (χ3n) is 3.69. The number of carbonyl (C=O) groups is 2. The van der Waals surface area contributed by atoms with Crippen LogP contribution in [0.25, 0.3) is 0 Å². The second kappa shape index (κ2) is 7.57. The maximum Gasteiger partial charge on any atom is 0.257 e. The molecule has 1 heterocycles. The molecule has 0 radical (unpaired) electrons. The van der Waals surface area contributed by atoms with Crippen LogP contribution in [0.4, 0.5) is 15.8 Å². The highest BCUT2D eigenvalue weighted by molar-refractivity contribution is 6.08. The van der Waals surface area contributed by atoms with Crippen molar-refractivity contribution in [3.8, 4) is 0 Å². The number of pyridine rings is 1. The topological polar surface area (TPSA) is 71.1 Å². The number of anilines is 2. The number of carbonyl (C=O) groups excluding carboxylic acids is 2. The van der Waals surface area contributed by atoms with Crippen LogP contribution in [-0.2, 0) is 0 Å². The van der Waals surface area contributed by atoms with Crippen LogP contribution in [-0.4, -0.2) is 16.8 Å². The van der Waals surface area contributed by atoms with E-state index in [9.17, 15) is 14.0 Å². The van der Waals surface area contributed by atoms with Gasteiger partial charge in [0.05, 0.1) is 16.8 Å². The molecule has 0 saturated carbocycles. The highest BCUT2D eigenvalue weighted by Crippen LogP contribution is 2.15. The zero-order valence-electron chi connectivity index (χ0n) is 14.0. The number of hydrogen-bond acceptors (Lipinski definition) is 3. The molecule has 0 spiro atoms. The number of para-hydroxylation sites is 1. The van der Waals surface area contributed by atoms with E-state index in [0.717, 1.165) is 5.56 Å². The number of benzene rings is 2. The molecule has 0 fully saturated rings. The number of halogens is 1. The quantitative estimate of drug-likeness (QED) is 0.747. The summed E-state index contributed by atoms with van der Waals surface area (Å²) in [5.74, 6) is -1.48. The molecule has 5 nitrogen and oxygen atoms in total. The number of nitrogens with zero attached hydrogens (tertiary/aromatic N) is 1. The molecule has 2 aromatic carbocycles. The molecule has 2 amide bonds. The largest absolute Gasteiger partial charge is 0.322 e. The van der Waals surface area contributed by atoms with E-state index < -0.39 is 11.7 Å². The summed E-state index contributed by atoms with van der Waals surface area (Å²) in [7, 11) is 0. The van der Waals surface area contributed by atoms with Crippen molar-refractivity contribution in [3.05, 3.63) is 89.5 Å². The monoisotopic (exact) mass is 349 g/mol. The van der Waals surface area contributed by atoms with E-state index >= 15 is 0 Å². The minimum Gasteiger partial charge on any atom is -0.322 e. The van der Waals surface area contributed by atoms with Crippen molar-refractivity contribution >= 4 is 23.2 Å². The van der Waals surface area contributed by atoms with Crippen molar-refractivity contribution in [1.29, 1.82) is 0 Å². The molecule has 0 atom stereocenters. The van der Waals surface area contributed by atoms with Gasteiger partial charge in [0, 0.05) is 18.1 Å². The van der Waals surface area contributed by atoms with Crippen molar-refractivity contribution in [2.45, 2.75) is 6.92 Å². The third-order valence-corrected chi connectivity index (χ3v) is 3.69. The summed E-state index contributed by atoms with van der Waals surface area (Å²) in [5.41, 5.74) is 2.17. The van der Waals surface area contributed by atoms with Gasteiger partial charge in [0.2, 0.25) is 0 Å². The Morgan fingerprint density at radius 1 is 0.885 bits per heavy atom. The molecule has 0 bridgehead atoms. The first kappa shape index (κ1) is 17.3. The summed E-state index contributed by atoms with van der Waals surface area (Å²) >= 11 is 0. The van der Waals surface area contributed by atoms with Gasteiger partial charge in [0.25, 0.3) is 11.8 Å². The molecule has 0 aliphatic rings. The van der Waals surface area contributed by atoms with Crippen LogP contribution in [0.1, 0.15) is 26.3 Å². The van der Waals surface area contributed by atoms with Crippen LogP contribution in [0, 0.1) is 12.7 Å². The van der Waals surface area contributed by atoms with E-state index in [4.69, 9.17) is 0 Å². The van der Waals surface area contributed by atoms with Crippen molar-refractivity contribution in [2.24, 2.45) is 0 Å². The van der Waals surface area contributed by atoms with Crippen LogP contribution < -0.4 is 10.6 Å². The number of amides is 2. The fourth-order valence-corrected chi connectivity index (χ4v) is 2.29. The Bertz CT molecular complexity index is 955. The Balaban J connectivity index is 1.75. The van der Waals surface area contributed by atoms with Gasteiger partial charge in [-0.2, -0.15) is 0 Å². The summed E-state index contributed by atoms with van der Waals surface area (Å²) in [6.45, 7) is 1.95. The first-order valence-corrected chi connectivity index (χ1v) is 7.92. The van der Waals surface area contributed by atoms with E-state index in [1.54, 1.807) is 18.2 Å². The van der Waals surface area contributed by atoms with Crippen LogP contribution >= 0.6 is 0 Å². The van der Waals surface area contributed by atoms with Gasteiger partial charge >= 0.3 is 0 Å². The Morgan fingerprint density at radius 2 is 1.50 bits per heavy atom. The highest BCUT2D eigenvalue weighted by atomic mass is 19.1. The molecular formula is C20H16FN3O2. The first-order chi connectivity index (χ1) is 12.5. The summed E-state index contributed by atoms with van der Waals surface area (Å²) in [6.07, 6.45) is 2.68. The smallest absolute Gasteiger partial charge is 0.257 e. The van der Waals surface area contributed by atoms with Crippen molar-refractivity contribution in [3.63, 3.8) is 0 Å². The number of rotatable bonds is 4. The van der Waals surface area contributed by atoms with Crippen LogP contribution in [0.5, 0.6) is 0 Å². The fraction of sp³-hybridized carbons (Fsp3) is 0.0500. The van der Waals surface area contributed by atoms with Gasteiger partial charge < -0.3 is 10.6 Å². The minimum absolute atomic E-state index is 0.0620. The predicted octanol–water partition coefficient (Wildman–Crippen LogP) is 4.03. The molecule has 1 aromatic heterocycles. The molecule has 0 unspecified atom stereocenters. The lowest BCUT2D eigenvalue weighted by Gasteiger charge is -2.08. The van der Waals surface area contributed by atoms with Crippen LogP contribution in [0.2, 0.25) is 0 Å². The average molecular weight is 349 g/mol. The SMILES string of the molecule is Cc1ccc(NC(=O)c2cncc(C(=O)Nc3ccccc3F)c2)cc1. The normalized spacial score (nSPS) is 10.2. The van der Waals surface area contributed by atoms with Crippen LogP contribution in [0.3, 0.4) is 0 Å². The number of nitrogens with one attached hydrogen (secondary N) is 2. The maximum absolute atomic E-state index is 13.6. The predicted molar refractivity (Wildman–Crippen MR) is 97.7 cm³/mol. The molecule has 0 saturated heterocycles. The summed E-state index contributed by atoms with van der Waals surface area (Å²) < 4.78 is 13.6. The maximum atomic E-state index is 13.6.